The fourth-order valence-electron chi connectivity index (χ4n) is 3.05. The molecule has 172 valence electrons. The van der Waals surface area contributed by atoms with Crippen molar-refractivity contribution >= 4 is 22.2 Å². The van der Waals surface area contributed by atoms with Crippen molar-refractivity contribution in [3.8, 4) is 22.3 Å². The number of ether oxygens (including phenoxy) is 1. The van der Waals surface area contributed by atoms with E-state index >= 15 is 0 Å². The summed E-state index contributed by atoms with van der Waals surface area (Å²) in [6.45, 7) is 6.18. The second kappa shape index (κ2) is 8.43. The van der Waals surface area contributed by atoms with Crippen LogP contribution in [-0.4, -0.2) is 30.2 Å². The summed E-state index contributed by atoms with van der Waals surface area (Å²) >= 11 is 0.766. The van der Waals surface area contributed by atoms with Crippen LogP contribution in [0.25, 0.3) is 10.7 Å². The number of nitrogens with one attached hydrogen (secondary N) is 1. The van der Waals surface area contributed by atoms with E-state index in [4.69, 9.17) is 4.74 Å². The third-order valence-electron chi connectivity index (χ3n) is 4.52. The Kier molecular flexibility index (Phi) is 5.78. The van der Waals surface area contributed by atoms with Crippen molar-refractivity contribution in [2.45, 2.75) is 32.4 Å². The second-order valence-corrected chi connectivity index (χ2v) is 9.13. The van der Waals surface area contributed by atoms with Gasteiger partial charge in [0, 0.05) is 11.8 Å². The van der Waals surface area contributed by atoms with Crippen molar-refractivity contribution in [3.05, 3.63) is 53.9 Å². The molecule has 0 fully saturated rings. The maximum Gasteiger partial charge on any atom is 0.435 e. The van der Waals surface area contributed by atoms with Crippen molar-refractivity contribution in [1.82, 2.24) is 30.2 Å². The summed E-state index contributed by atoms with van der Waals surface area (Å²) in [6.07, 6.45) is -3.15. The highest BCUT2D eigenvalue weighted by Crippen LogP contribution is 2.42. The second-order valence-electron chi connectivity index (χ2n) is 8.13. The van der Waals surface area contributed by atoms with Gasteiger partial charge in [0.25, 0.3) is 0 Å². The highest BCUT2D eigenvalue weighted by atomic mass is 32.1. The number of anilines is 2. The standard InChI is InChI=1S/C21H20F3N7OS/c1-20(2,3)12-8-5-6-10-14(12)32-18-13(9-7-11-25-18)26-19-27-16(21(22,23)24)15(33-19)17-28-30-31(4)29-17/h5-11H,1-4H3,(H,26,27). The summed E-state index contributed by atoms with van der Waals surface area (Å²) in [7, 11) is 1.47. The molecule has 0 unspecified atom stereocenters. The molecule has 3 heterocycles. The first-order chi connectivity index (χ1) is 15.5. The Morgan fingerprint density at radius 3 is 2.48 bits per heavy atom. The monoisotopic (exact) mass is 475 g/mol. The van der Waals surface area contributed by atoms with E-state index < -0.39 is 11.9 Å². The molecule has 0 aliphatic rings. The Hall–Kier alpha value is -3.54. The number of aromatic nitrogens is 6. The number of aryl methyl sites for hydroxylation is 1. The zero-order chi connectivity index (χ0) is 23.8. The zero-order valence-electron chi connectivity index (χ0n) is 18.2. The molecular formula is C21H20F3N7OS. The molecule has 0 atom stereocenters. The van der Waals surface area contributed by atoms with E-state index in [1.54, 1.807) is 12.1 Å². The lowest BCUT2D eigenvalue weighted by Crippen LogP contribution is -2.12. The average Bonchev–Trinajstić information content (AvgIpc) is 3.35. The first-order valence-electron chi connectivity index (χ1n) is 9.84. The fraction of sp³-hybridized carbons (Fsp3) is 0.286. The Balaban J connectivity index is 1.69. The van der Waals surface area contributed by atoms with Crippen LogP contribution in [0, 0.1) is 0 Å². The molecule has 0 saturated carbocycles. The number of tetrazole rings is 1. The Morgan fingerprint density at radius 1 is 1.06 bits per heavy atom. The number of benzene rings is 1. The van der Waals surface area contributed by atoms with Gasteiger partial charge in [-0.05, 0) is 28.8 Å². The molecule has 0 aliphatic carbocycles. The van der Waals surface area contributed by atoms with Crippen LogP contribution in [0.3, 0.4) is 0 Å². The van der Waals surface area contributed by atoms with Gasteiger partial charge in [-0.1, -0.05) is 50.3 Å². The van der Waals surface area contributed by atoms with Crippen LogP contribution in [0.1, 0.15) is 32.0 Å². The lowest BCUT2D eigenvalue weighted by Gasteiger charge is -2.22. The van der Waals surface area contributed by atoms with Crippen molar-refractivity contribution in [3.63, 3.8) is 0 Å². The minimum Gasteiger partial charge on any atom is -0.437 e. The maximum atomic E-state index is 13.6. The molecule has 12 heteroatoms. The van der Waals surface area contributed by atoms with Crippen molar-refractivity contribution in [2.24, 2.45) is 7.05 Å². The van der Waals surface area contributed by atoms with E-state index in [0.717, 1.165) is 21.7 Å². The average molecular weight is 476 g/mol. The maximum absolute atomic E-state index is 13.6. The molecule has 33 heavy (non-hydrogen) atoms. The minimum atomic E-state index is -4.69. The lowest BCUT2D eigenvalue weighted by atomic mass is 9.86. The Morgan fingerprint density at radius 2 is 1.82 bits per heavy atom. The van der Waals surface area contributed by atoms with Gasteiger partial charge in [0.2, 0.25) is 11.7 Å². The van der Waals surface area contributed by atoms with E-state index in [-0.39, 0.29) is 27.1 Å². The van der Waals surface area contributed by atoms with Gasteiger partial charge in [-0.25, -0.2) is 9.97 Å². The predicted octanol–water partition coefficient (Wildman–Crippen LogP) is 5.58. The van der Waals surface area contributed by atoms with Gasteiger partial charge in [0.05, 0.1) is 7.05 Å². The quantitative estimate of drug-likeness (QED) is 0.403. The van der Waals surface area contributed by atoms with Gasteiger partial charge in [0.1, 0.15) is 16.3 Å². The van der Waals surface area contributed by atoms with E-state index in [1.807, 2.05) is 24.3 Å². The number of rotatable bonds is 5. The number of alkyl halides is 3. The van der Waals surface area contributed by atoms with Crippen LogP contribution >= 0.6 is 11.3 Å². The van der Waals surface area contributed by atoms with E-state index in [2.05, 4.69) is 51.5 Å². The highest BCUT2D eigenvalue weighted by Gasteiger charge is 2.39. The van der Waals surface area contributed by atoms with Crippen molar-refractivity contribution in [1.29, 1.82) is 0 Å². The molecule has 4 aromatic rings. The number of halogens is 3. The topological polar surface area (TPSA) is 90.6 Å². The normalized spacial score (nSPS) is 12.1. The first kappa shape index (κ1) is 22.6. The van der Waals surface area contributed by atoms with Gasteiger partial charge in [-0.2, -0.15) is 18.0 Å². The van der Waals surface area contributed by atoms with Crippen LogP contribution in [0.15, 0.2) is 42.6 Å². The molecule has 1 aromatic carbocycles. The molecule has 8 nitrogen and oxygen atoms in total. The molecule has 0 amide bonds. The predicted molar refractivity (Wildman–Crippen MR) is 118 cm³/mol. The minimum absolute atomic E-state index is 0.00765. The number of para-hydroxylation sites is 1. The van der Waals surface area contributed by atoms with Crippen LogP contribution in [0.4, 0.5) is 24.0 Å². The van der Waals surface area contributed by atoms with Crippen molar-refractivity contribution < 1.29 is 17.9 Å². The third kappa shape index (κ3) is 4.95. The van der Waals surface area contributed by atoms with Gasteiger partial charge >= 0.3 is 6.18 Å². The number of thiazole rings is 1. The summed E-state index contributed by atoms with van der Waals surface area (Å²) in [5.74, 6) is 0.653. The third-order valence-corrected chi connectivity index (χ3v) is 5.49. The van der Waals surface area contributed by atoms with Gasteiger partial charge in [-0.15, -0.1) is 10.2 Å². The Labute approximate surface area is 191 Å². The van der Waals surface area contributed by atoms with E-state index in [1.165, 1.54) is 13.2 Å². The largest absolute Gasteiger partial charge is 0.437 e. The van der Waals surface area contributed by atoms with Crippen LogP contribution in [-0.2, 0) is 18.6 Å². The smallest absolute Gasteiger partial charge is 0.435 e. The molecule has 0 bridgehead atoms. The molecule has 0 radical (unpaired) electrons. The summed E-state index contributed by atoms with van der Waals surface area (Å²) in [5, 5.41) is 14.1. The molecule has 4 rings (SSSR count). The summed E-state index contributed by atoms with van der Waals surface area (Å²) < 4.78 is 46.9. The first-order valence-corrected chi connectivity index (χ1v) is 10.7. The zero-order valence-corrected chi connectivity index (χ0v) is 19.0. The molecule has 3 aromatic heterocycles. The summed E-state index contributed by atoms with van der Waals surface area (Å²) in [4.78, 5) is 8.87. The van der Waals surface area contributed by atoms with Gasteiger partial charge < -0.3 is 10.1 Å². The molecule has 0 spiro atoms. The van der Waals surface area contributed by atoms with Crippen LogP contribution in [0.2, 0.25) is 0 Å². The van der Waals surface area contributed by atoms with Gasteiger partial charge in [-0.3, -0.25) is 0 Å². The molecular weight excluding hydrogens is 455 g/mol. The number of hydrogen-bond acceptors (Lipinski definition) is 8. The molecule has 0 saturated heterocycles. The van der Waals surface area contributed by atoms with Crippen LogP contribution in [0.5, 0.6) is 11.6 Å². The van der Waals surface area contributed by atoms with Crippen molar-refractivity contribution in [2.75, 3.05) is 5.32 Å². The molecule has 1 N–H and O–H groups in total. The molecule has 0 aliphatic heterocycles. The van der Waals surface area contributed by atoms with E-state index in [9.17, 15) is 13.2 Å². The van der Waals surface area contributed by atoms with Gasteiger partial charge in [0.15, 0.2) is 10.8 Å². The summed E-state index contributed by atoms with van der Waals surface area (Å²) in [6, 6.07) is 10.8. The number of nitrogens with zero attached hydrogens (tertiary/aromatic N) is 6. The summed E-state index contributed by atoms with van der Waals surface area (Å²) in [5.41, 5.74) is 0.0510. The lowest BCUT2D eigenvalue weighted by molar-refractivity contribution is -0.140. The Bertz CT molecular complexity index is 1280. The highest BCUT2D eigenvalue weighted by molar-refractivity contribution is 7.19. The number of hydrogen-bond donors (Lipinski definition) is 1. The van der Waals surface area contributed by atoms with Crippen LogP contribution < -0.4 is 10.1 Å². The SMILES string of the molecule is Cn1nnc(-c2sc(Nc3cccnc3Oc3ccccc3C(C)(C)C)nc2C(F)(F)F)n1. The number of pyridine rings is 1. The van der Waals surface area contributed by atoms with E-state index in [0.29, 0.717) is 11.4 Å². The fourth-order valence-corrected chi connectivity index (χ4v) is 3.98.